The second-order valence-electron chi connectivity index (χ2n) is 4.28. The third-order valence-corrected chi connectivity index (χ3v) is 2.98. The van der Waals surface area contributed by atoms with Crippen LogP contribution < -0.4 is 5.32 Å². The smallest absolute Gasteiger partial charge is 0.0599 e. The fourth-order valence-corrected chi connectivity index (χ4v) is 2.20. The monoisotopic (exact) mass is 214 g/mol. The van der Waals surface area contributed by atoms with Gasteiger partial charge in [0, 0.05) is 25.7 Å². The fourth-order valence-electron chi connectivity index (χ4n) is 2.20. The number of piperazine rings is 1. The Kier molecular flexibility index (Phi) is 3.98. The first-order valence-corrected chi connectivity index (χ1v) is 5.81. The first-order valence-electron chi connectivity index (χ1n) is 5.81. The van der Waals surface area contributed by atoms with Crippen LogP contribution in [0.15, 0.2) is 30.3 Å². The van der Waals surface area contributed by atoms with E-state index in [1.807, 2.05) is 0 Å². The van der Waals surface area contributed by atoms with E-state index in [-0.39, 0.29) is 0 Å². The number of rotatable bonds is 3. The van der Waals surface area contributed by atoms with Crippen LogP contribution in [0.5, 0.6) is 0 Å². The molecule has 1 unspecified atom stereocenters. The van der Waals surface area contributed by atoms with E-state index in [4.69, 9.17) is 6.42 Å². The van der Waals surface area contributed by atoms with Crippen molar-refractivity contribution in [2.45, 2.75) is 12.5 Å². The van der Waals surface area contributed by atoms with Crippen LogP contribution in [-0.2, 0) is 6.42 Å². The molecule has 0 aliphatic carbocycles. The van der Waals surface area contributed by atoms with Crippen molar-refractivity contribution in [1.82, 2.24) is 10.2 Å². The summed E-state index contributed by atoms with van der Waals surface area (Å²) in [6, 6.07) is 11.1. The van der Waals surface area contributed by atoms with Gasteiger partial charge in [-0.25, -0.2) is 0 Å². The van der Waals surface area contributed by atoms with Crippen LogP contribution in [-0.4, -0.2) is 37.1 Å². The number of benzene rings is 1. The minimum Gasteiger partial charge on any atom is -0.311 e. The molecule has 1 saturated heterocycles. The molecule has 2 heteroatoms. The van der Waals surface area contributed by atoms with E-state index in [1.54, 1.807) is 0 Å². The van der Waals surface area contributed by atoms with Crippen molar-refractivity contribution < 1.29 is 0 Å². The number of nitrogens with one attached hydrogen (secondary N) is 1. The van der Waals surface area contributed by atoms with Gasteiger partial charge in [-0.2, -0.15) is 0 Å². The van der Waals surface area contributed by atoms with Gasteiger partial charge in [0.1, 0.15) is 0 Å². The summed E-state index contributed by atoms with van der Waals surface area (Å²) in [6.07, 6.45) is 6.43. The van der Waals surface area contributed by atoms with E-state index in [0.717, 1.165) is 32.6 Å². The molecule has 2 rings (SSSR count). The fraction of sp³-hybridized carbons (Fsp3) is 0.429. The summed E-state index contributed by atoms with van der Waals surface area (Å²) >= 11 is 0. The SMILES string of the molecule is C#CCN1CCNC(Cc2ccccc2)C1. The molecule has 1 aliphatic rings. The lowest BCUT2D eigenvalue weighted by molar-refractivity contribution is 0.220. The highest BCUT2D eigenvalue weighted by atomic mass is 15.2. The molecular weight excluding hydrogens is 196 g/mol. The number of hydrogen-bond donors (Lipinski definition) is 1. The summed E-state index contributed by atoms with van der Waals surface area (Å²) in [5.74, 6) is 2.72. The molecule has 1 aromatic rings. The van der Waals surface area contributed by atoms with Crippen LogP contribution in [0.2, 0.25) is 0 Å². The Bertz CT molecular complexity index is 353. The van der Waals surface area contributed by atoms with Gasteiger partial charge >= 0.3 is 0 Å². The Hall–Kier alpha value is -1.30. The molecule has 0 radical (unpaired) electrons. The van der Waals surface area contributed by atoms with E-state index in [2.05, 4.69) is 46.5 Å². The maximum Gasteiger partial charge on any atom is 0.0599 e. The van der Waals surface area contributed by atoms with Gasteiger partial charge in [-0.3, -0.25) is 4.90 Å². The first kappa shape index (κ1) is 11.2. The highest BCUT2D eigenvalue weighted by molar-refractivity contribution is 5.16. The van der Waals surface area contributed by atoms with Gasteiger partial charge in [0.25, 0.3) is 0 Å². The van der Waals surface area contributed by atoms with Gasteiger partial charge in [0.2, 0.25) is 0 Å². The zero-order valence-electron chi connectivity index (χ0n) is 9.52. The normalized spacial score (nSPS) is 21.6. The molecule has 84 valence electrons. The van der Waals surface area contributed by atoms with Crippen molar-refractivity contribution in [3.8, 4) is 12.3 Å². The second kappa shape index (κ2) is 5.69. The van der Waals surface area contributed by atoms with Gasteiger partial charge in [-0.05, 0) is 12.0 Å². The Morgan fingerprint density at radius 3 is 2.94 bits per heavy atom. The standard InChI is InChI=1S/C14H18N2/c1-2-9-16-10-8-15-14(12-16)11-13-6-4-3-5-7-13/h1,3-7,14-15H,8-12H2. The molecule has 0 aromatic heterocycles. The van der Waals surface area contributed by atoms with Gasteiger partial charge in [-0.1, -0.05) is 36.3 Å². The van der Waals surface area contributed by atoms with Crippen molar-refractivity contribution in [3.05, 3.63) is 35.9 Å². The Morgan fingerprint density at radius 1 is 1.38 bits per heavy atom. The molecule has 0 amide bonds. The van der Waals surface area contributed by atoms with Crippen molar-refractivity contribution in [2.75, 3.05) is 26.2 Å². The lowest BCUT2D eigenvalue weighted by atomic mass is 10.0. The molecule has 1 heterocycles. The van der Waals surface area contributed by atoms with E-state index in [0.29, 0.717) is 6.04 Å². The van der Waals surface area contributed by atoms with Crippen LogP contribution in [0.4, 0.5) is 0 Å². The maximum atomic E-state index is 5.35. The van der Waals surface area contributed by atoms with Crippen LogP contribution in [0.3, 0.4) is 0 Å². The van der Waals surface area contributed by atoms with E-state index in [1.165, 1.54) is 5.56 Å². The predicted octanol–water partition coefficient (Wildman–Crippen LogP) is 1.14. The largest absolute Gasteiger partial charge is 0.311 e. The van der Waals surface area contributed by atoms with E-state index < -0.39 is 0 Å². The number of nitrogens with zero attached hydrogens (tertiary/aromatic N) is 1. The molecule has 2 nitrogen and oxygen atoms in total. The van der Waals surface area contributed by atoms with Crippen LogP contribution in [0, 0.1) is 12.3 Å². The third kappa shape index (κ3) is 3.10. The van der Waals surface area contributed by atoms with Gasteiger partial charge in [-0.15, -0.1) is 6.42 Å². The molecule has 16 heavy (non-hydrogen) atoms. The van der Waals surface area contributed by atoms with Crippen molar-refractivity contribution in [1.29, 1.82) is 0 Å². The number of terminal acetylenes is 1. The lowest BCUT2D eigenvalue weighted by Crippen LogP contribution is -2.51. The zero-order chi connectivity index (χ0) is 11.2. The summed E-state index contributed by atoms with van der Waals surface area (Å²) in [5, 5.41) is 3.55. The zero-order valence-corrected chi connectivity index (χ0v) is 9.52. The topological polar surface area (TPSA) is 15.3 Å². The molecule has 0 spiro atoms. The van der Waals surface area contributed by atoms with Gasteiger partial charge in [0.05, 0.1) is 6.54 Å². The number of hydrogen-bond acceptors (Lipinski definition) is 2. The molecule has 0 saturated carbocycles. The summed E-state index contributed by atoms with van der Waals surface area (Å²) < 4.78 is 0. The first-order chi connectivity index (χ1) is 7.88. The van der Waals surface area contributed by atoms with Crippen LogP contribution in [0.1, 0.15) is 5.56 Å². The maximum absolute atomic E-state index is 5.35. The highest BCUT2D eigenvalue weighted by Crippen LogP contribution is 2.07. The lowest BCUT2D eigenvalue weighted by Gasteiger charge is -2.32. The molecular formula is C14H18N2. The van der Waals surface area contributed by atoms with Crippen molar-refractivity contribution in [2.24, 2.45) is 0 Å². The summed E-state index contributed by atoms with van der Waals surface area (Å²) in [6.45, 7) is 3.93. The molecule has 0 bridgehead atoms. The quantitative estimate of drug-likeness (QED) is 0.759. The summed E-state index contributed by atoms with van der Waals surface area (Å²) in [7, 11) is 0. The minimum atomic E-state index is 0.532. The minimum absolute atomic E-state index is 0.532. The third-order valence-electron chi connectivity index (χ3n) is 2.98. The predicted molar refractivity (Wildman–Crippen MR) is 67.2 cm³/mol. The van der Waals surface area contributed by atoms with Gasteiger partial charge in [0.15, 0.2) is 0 Å². The van der Waals surface area contributed by atoms with Crippen LogP contribution >= 0.6 is 0 Å². The molecule has 1 N–H and O–H groups in total. The van der Waals surface area contributed by atoms with E-state index in [9.17, 15) is 0 Å². The Morgan fingerprint density at radius 2 is 2.19 bits per heavy atom. The Balaban J connectivity index is 1.88. The molecule has 1 atom stereocenters. The summed E-state index contributed by atoms with van der Waals surface area (Å²) in [4.78, 5) is 2.34. The Labute approximate surface area is 97.7 Å². The van der Waals surface area contributed by atoms with Crippen molar-refractivity contribution >= 4 is 0 Å². The average molecular weight is 214 g/mol. The highest BCUT2D eigenvalue weighted by Gasteiger charge is 2.18. The van der Waals surface area contributed by atoms with Gasteiger partial charge < -0.3 is 5.32 Å². The summed E-state index contributed by atoms with van der Waals surface area (Å²) in [5.41, 5.74) is 1.39. The molecule has 1 aromatic carbocycles. The van der Waals surface area contributed by atoms with Crippen molar-refractivity contribution in [3.63, 3.8) is 0 Å². The van der Waals surface area contributed by atoms with E-state index >= 15 is 0 Å². The molecule has 1 aliphatic heterocycles. The average Bonchev–Trinajstić information content (AvgIpc) is 2.31. The second-order valence-corrected chi connectivity index (χ2v) is 4.28. The van der Waals surface area contributed by atoms with Crippen LogP contribution in [0.25, 0.3) is 0 Å². The molecule has 1 fully saturated rings.